The molecule has 2 heteroatoms. The SMILES string of the molecule is c1ccc(N(c2ccc(-c3cccc4c3oc3ccccc34)cc2)c2c(-c3cccc4ccccc34)c3ccccc3c3ccccc23)cc1. The van der Waals surface area contributed by atoms with E-state index >= 15 is 0 Å². The number of nitrogens with zero attached hydrogens (tertiary/aromatic N) is 1. The van der Waals surface area contributed by atoms with Crippen LogP contribution in [-0.4, -0.2) is 0 Å². The molecule has 0 fully saturated rings. The summed E-state index contributed by atoms with van der Waals surface area (Å²) in [7, 11) is 0. The van der Waals surface area contributed by atoms with Crippen LogP contribution in [0, 0.1) is 0 Å². The molecule has 0 unspecified atom stereocenters. The Labute approximate surface area is 290 Å². The van der Waals surface area contributed by atoms with Gasteiger partial charge in [0.2, 0.25) is 0 Å². The molecule has 2 nitrogen and oxygen atoms in total. The molecule has 50 heavy (non-hydrogen) atoms. The summed E-state index contributed by atoms with van der Waals surface area (Å²) >= 11 is 0. The lowest BCUT2D eigenvalue weighted by Crippen LogP contribution is -2.12. The van der Waals surface area contributed by atoms with Gasteiger partial charge in [-0.2, -0.15) is 0 Å². The number of hydrogen-bond donors (Lipinski definition) is 0. The Bertz CT molecular complexity index is 2860. The molecule has 0 saturated heterocycles. The number of rotatable bonds is 5. The van der Waals surface area contributed by atoms with E-state index in [1.165, 1.54) is 43.4 Å². The molecular weight excluding hydrogens is 607 g/mol. The summed E-state index contributed by atoms with van der Waals surface area (Å²) in [6.45, 7) is 0. The van der Waals surface area contributed by atoms with Crippen LogP contribution in [0.5, 0.6) is 0 Å². The Morgan fingerprint density at radius 2 is 0.880 bits per heavy atom. The first kappa shape index (κ1) is 28.4. The minimum absolute atomic E-state index is 0.908. The monoisotopic (exact) mass is 637 g/mol. The second-order valence-corrected chi connectivity index (χ2v) is 12.8. The lowest BCUT2D eigenvalue weighted by atomic mass is 9.88. The van der Waals surface area contributed by atoms with Gasteiger partial charge in [0.05, 0.1) is 5.69 Å². The first-order valence-corrected chi connectivity index (χ1v) is 17.1. The number of anilines is 3. The van der Waals surface area contributed by atoms with Gasteiger partial charge in [0, 0.05) is 38.7 Å². The van der Waals surface area contributed by atoms with Crippen molar-refractivity contribution in [1.82, 2.24) is 0 Å². The standard InChI is InChI=1S/C48H31NO/c1-2-16-34(17-3-1)49(35-30-28-33(29-31-35)37-24-13-26-44-40-21-10-11-27-45(40)50-48(37)44)47-43-23-9-7-20-39(43)38-19-6-8-22-42(38)46(47)41-25-12-15-32-14-4-5-18-36(32)41/h1-31H. The van der Waals surface area contributed by atoms with Crippen LogP contribution < -0.4 is 4.90 Å². The fourth-order valence-electron chi connectivity index (χ4n) is 7.82. The second kappa shape index (κ2) is 11.5. The maximum Gasteiger partial charge on any atom is 0.143 e. The van der Waals surface area contributed by atoms with Crippen LogP contribution in [0.25, 0.3) is 76.5 Å². The van der Waals surface area contributed by atoms with Gasteiger partial charge in [-0.1, -0.05) is 158 Å². The van der Waals surface area contributed by atoms with Gasteiger partial charge >= 0.3 is 0 Å². The Hall–Kier alpha value is -6.64. The lowest BCUT2D eigenvalue weighted by molar-refractivity contribution is 0.670. The average molecular weight is 638 g/mol. The smallest absolute Gasteiger partial charge is 0.143 e. The van der Waals surface area contributed by atoms with Gasteiger partial charge < -0.3 is 9.32 Å². The molecule has 0 aliphatic heterocycles. The molecular formula is C48H31NO. The van der Waals surface area contributed by atoms with Gasteiger partial charge in [-0.15, -0.1) is 0 Å². The van der Waals surface area contributed by atoms with Gasteiger partial charge in [-0.05, 0) is 68.4 Å². The predicted molar refractivity (Wildman–Crippen MR) is 212 cm³/mol. The summed E-state index contributed by atoms with van der Waals surface area (Å²) in [4.78, 5) is 2.44. The van der Waals surface area contributed by atoms with Gasteiger partial charge in [0.1, 0.15) is 11.2 Å². The van der Waals surface area contributed by atoms with Crippen molar-refractivity contribution in [3.05, 3.63) is 188 Å². The lowest BCUT2D eigenvalue weighted by Gasteiger charge is -2.31. The zero-order valence-corrected chi connectivity index (χ0v) is 27.3. The molecule has 10 rings (SSSR count). The maximum absolute atomic E-state index is 6.43. The van der Waals surface area contributed by atoms with Crippen molar-refractivity contribution >= 4 is 71.3 Å². The van der Waals surface area contributed by atoms with Gasteiger partial charge in [-0.25, -0.2) is 0 Å². The molecule has 0 radical (unpaired) electrons. The van der Waals surface area contributed by atoms with Crippen molar-refractivity contribution in [2.24, 2.45) is 0 Å². The van der Waals surface area contributed by atoms with Crippen molar-refractivity contribution in [3.8, 4) is 22.3 Å². The van der Waals surface area contributed by atoms with Crippen molar-refractivity contribution < 1.29 is 4.42 Å². The third kappa shape index (κ3) is 4.43. The molecule has 0 spiro atoms. The van der Waals surface area contributed by atoms with Crippen LogP contribution in [-0.2, 0) is 0 Å². The molecule has 0 amide bonds. The van der Waals surface area contributed by atoms with Gasteiger partial charge in [0.15, 0.2) is 0 Å². The van der Waals surface area contributed by atoms with Crippen molar-refractivity contribution in [2.75, 3.05) is 4.90 Å². The third-order valence-electron chi connectivity index (χ3n) is 10.0. The minimum atomic E-state index is 0.908. The van der Waals surface area contributed by atoms with Crippen LogP contribution in [0.1, 0.15) is 0 Å². The van der Waals surface area contributed by atoms with E-state index < -0.39 is 0 Å². The van der Waals surface area contributed by atoms with E-state index in [4.69, 9.17) is 4.42 Å². The van der Waals surface area contributed by atoms with E-state index in [1.54, 1.807) is 0 Å². The molecule has 1 aromatic heterocycles. The highest BCUT2D eigenvalue weighted by Gasteiger charge is 2.24. The Kier molecular flexibility index (Phi) is 6.53. The summed E-state index contributed by atoms with van der Waals surface area (Å²) in [6, 6.07) is 67.5. The van der Waals surface area contributed by atoms with Crippen LogP contribution >= 0.6 is 0 Å². The molecule has 0 aliphatic rings. The normalized spacial score (nSPS) is 11.6. The quantitative estimate of drug-likeness (QED) is 0.175. The molecule has 1 heterocycles. The Morgan fingerprint density at radius 1 is 0.340 bits per heavy atom. The van der Waals surface area contributed by atoms with E-state index in [9.17, 15) is 0 Å². The largest absolute Gasteiger partial charge is 0.455 e. The van der Waals surface area contributed by atoms with Crippen LogP contribution in [0.15, 0.2) is 192 Å². The number of para-hydroxylation sites is 3. The van der Waals surface area contributed by atoms with Crippen molar-refractivity contribution in [1.29, 1.82) is 0 Å². The first-order chi connectivity index (χ1) is 24.8. The number of fused-ring (bicyclic) bond motifs is 7. The molecule has 0 aliphatic carbocycles. The molecule has 0 atom stereocenters. The highest BCUT2D eigenvalue weighted by molar-refractivity contribution is 6.24. The highest BCUT2D eigenvalue weighted by atomic mass is 16.3. The third-order valence-corrected chi connectivity index (χ3v) is 10.0. The minimum Gasteiger partial charge on any atom is -0.455 e. The fraction of sp³-hybridized carbons (Fsp3) is 0. The van der Waals surface area contributed by atoms with E-state index in [1.807, 2.05) is 12.1 Å². The highest BCUT2D eigenvalue weighted by Crippen LogP contribution is 2.50. The van der Waals surface area contributed by atoms with E-state index in [0.29, 0.717) is 0 Å². The summed E-state index contributed by atoms with van der Waals surface area (Å²) in [5.74, 6) is 0. The number of hydrogen-bond acceptors (Lipinski definition) is 2. The van der Waals surface area contributed by atoms with Gasteiger partial charge in [0.25, 0.3) is 0 Å². The van der Waals surface area contributed by atoms with Crippen LogP contribution in [0.4, 0.5) is 17.1 Å². The Morgan fingerprint density at radius 3 is 1.68 bits per heavy atom. The zero-order valence-electron chi connectivity index (χ0n) is 27.3. The number of benzene rings is 9. The molecule has 0 saturated carbocycles. The second-order valence-electron chi connectivity index (χ2n) is 12.8. The van der Waals surface area contributed by atoms with E-state index in [2.05, 4.69) is 181 Å². The van der Waals surface area contributed by atoms with Crippen LogP contribution in [0.2, 0.25) is 0 Å². The van der Waals surface area contributed by atoms with Gasteiger partial charge in [-0.3, -0.25) is 0 Å². The van der Waals surface area contributed by atoms with E-state index in [0.717, 1.165) is 50.1 Å². The van der Waals surface area contributed by atoms with Crippen molar-refractivity contribution in [2.45, 2.75) is 0 Å². The van der Waals surface area contributed by atoms with Crippen LogP contribution in [0.3, 0.4) is 0 Å². The predicted octanol–water partition coefficient (Wildman–Crippen LogP) is 13.8. The average Bonchev–Trinajstić information content (AvgIpc) is 3.58. The summed E-state index contributed by atoms with van der Waals surface area (Å²) in [6.07, 6.45) is 0. The Balaban J connectivity index is 1.26. The molecule has 0 N–H and O–H groups in total. The molecule has 10 aromatic rings. The summed E-state index contributed by atoms with van der Waals surface area (Å²) in [5, 5.41) is 9.65. The fourth-order valence-corrected chi connectivity index (χ4v) is 7.82. The van der Waals surface area contributed by atoms with Crippen molar-refractivity contribution in [3.63, 3.8) is 0 Å². The molecule has 234 valence electrons. The number of furan rings is 1. The zero-order chi connectivity index (χ0) is 33.0. The summed E-state index contributed by atoms with van der Waals surface area (Å²) < 4.78 is 6.43. The topological polar surface area (TPSA) is 16.4 Å². The van der Waals surface area contributed by atoms with E-state index in [-0.39, 0.29) is 0 Å². The molecule has 9 aromatic carbocycles. The first-order valence-electron chi connectivity index (χ1n) is 17.1. The molecule has 0 bridgehead atoms. The summed E-state index contributed by atoms with van der Waals surface area (Å²) in [5.41, 5.74) is 9.80. The maximum atomic E-state index is 6.43.